The molecule has 0 aromatic carbocycles. The second-order valence-corrected chi connectivity index (χ2v) is 32.9. The number of phosphoric acid groups is 2. The molecule has 0 aromatic rings. The maximum absolute atomic E-state index is 13.1. The molecule has 5 atom stereocenters. The SMILES string of the molecule is CCCCCCCCCCCCCCCCCCCCCCCC(=O)O[C@H](COC(=O)CCCCCCCCCCCCCCCCCCC)COP(=O)(O)OC[C@@H](O)COP(=O)(O)OC[C@@H](COC(=O)CCCCCCCCCC(C)C)OC(=O)CCCCCCCCCCCCCCC. The number of esters is 4. The average Bonchev–Trinajstić information content (AvgIpc) is 1.03. The van der Waals surface area contributed by atoms with Crippen molar-refractivity contribution in [2.45, 2.75) is 457 Å². The zero-order valence-corrected chi connectivity index (χ0v) is 67.8. The molecule has 0 spiro atoms. The average molecular weight is 1480 g/mol. The smallest absolute Gasteiger partial charge is 0.462 e. The lowest BCUT2D eigenvalue weighted by atomic mass is 10.0. The lowest BCUT2D eigenvalue weighted by Gasteiger charge is -2.21. The van der Waals surface area contributed by atoms with Gasteiger partial charge in [0.05, 0.1) is 26.4 Å². The first-order valence-electron chi connectivity index (χ1n) is 42.6. The molecule has 17 nitrogen and oxygen atoms in total. The first-order chi connectivity index (χ1) is 49.0. The fourth-order valence-corrected chi connectivity index (χ4v) is 14.3. The Bertz CT molecular complexity index is 1930. The maximum atomic E-state index is 13.1. The van der Waals surface area contributed by atoms with Gasteiger partial charge in [-0.3, -0.25) is 37.3 Å². The van der Waals surface area contributed by atoms with Gasteiger partial charge < -0.3 is 33.8 Å². The highest BCUT2D eigenvalue weighted by atomic mass is 31.2. The van der Waals surface area contributed by atoms with Crippen molar-refractivity contribution in [3.8, 4) is 0 Å². The standard InChI is InChI=1S/C82H160O17P2/c1-6-9-12-15-18-21-24-27-29-31-32-33-34-36-38-41-44-47-52-58-63-68-82(87)98-77(71-92-79(84)65-60-55-50-45-42-40-37-35-30-28-25-22-19-16-13-10-7-2)73-96-100(88,89)94-69-76(83)70-95-101(90,91)97-74-78(72-93-80(85)66-61-56-53-48-49-54-59-64-75(4)5)99-81(86)67-62-57-51-46-43-39-26-23-20-17-14-11-8-3/h75-78,83H,6-74H2,1-5H3,(H,88,89)(H,90,91)/t76-,77-,78-/m1/s1. The van der Waals surface area contributed by atoms with Crippen LogP contribution >= 0.6 is 15.6 Å². The molecule has 0 saturated carbocycles. The van der Waals surface area contributed by atoms with E-state index < -0.39 is 97.5 Å². The minimum Gasteiger partial charge on any atom is -0.462 e. The fourth-order valence-electron chi connectivity index (χ4n) is 12.8. The Hall–Kier alpha value is -1.94. The van der Waals surface area contributed by atoms with Gasteiger partial charge in [-0.25, -0.2) is 9.13 Å². The lowest BCUT2D eigenvalue weighted by molar-refractivity contribution is -0.161. The number of aliphatic hydroxyl groups is 1. The summed E-state index contributed by atoms with van der Waals surface area (Å²) in [4.78, 5) is 73.0. The molecule has 600 valence electrons. The summed E-state index contributed by atoms with van der Waals surface area (Å²) in [6.45, 7) is 7.28. The molecule has 0 aliphatic carbocycles. The second kappa shape index (κ2) is 74.9. The van der Waals surface area contributed by atoms with E-state index in [0.29, 0.717) is 31.6 Å². The predicted octanol–water partition coefficient (Wildman–Crippen LogP) is 24.8. The van der Waals surface area contributed by atoms with Gasteiger partial charge in [0.2, 0.25) is 0 Å². The van der Waals surface area contributed by atoms with Crippen molar-refractivity contribution in [2.75, 3.05) is 39.6 Å². The molecule has 0 aliphatic rings. The van der Waals surface area contributed by atoms with Crippen LogP contribution in [0.2, 0.25) is 0 Å². The van der Waals surface area contributed by atoms with E-state index in [4.69, 9.17) is 37.0 Å². The Morgan fingerprint density at radius 2 is 0.455 bits per heavy atom. The molecular formula is C82H160O17P2. The topological polar surface area (TPSA) is 237 Å². The number of carbonyl (C=O) groups is 4. The molecule has 0 heterocycles. The first-order valence-corrected chi connectivity index (χ1v) is 45.6. The fraction of sp³-hybridized carbons (Fsp3) is 0.951. The molecule has 0 saturated heterocycles. The number of carbonyl (C=O) groups excluding carboxylic acids is 4. The summed E-state index contributed by atoms with van der Waals surface area (Å²) in [6, 6.07) is 0. The molecule has 0 radical (unpaired) electrons. The zero-order chi connectivity index (χ0) is 74.1. The van der Waals surface area contributed by atoms with E-state index in [1.165, 1.54) is 257 Å². The summed E-state index contributed by atoms with van der Waals surface area (Å²) in [5.41, 5.74) is 0. The van der Waals surface area contributed by atoms with Gasteiger partial charge in [0.1, 0.15) is 19.3 Å². The third-order valence-corrected chi connectivity index (χ3v) is 21.2. The van der Waals surface area contributed by atoms with Crippen LogP contribution in [0, 0.1) is 5.92 Å². The van der Waals surface area contributed by atoms with Crippen LogP contribution in [0.4, 0.5) is 0 Å². The van der Waals surface area contributed by atoms with Crippen molar-refractivity contribution < 1.29 is 80.2 Å². The third-order valence-electron chi connectivity index (χ3n) is 19.3. The summed E-state index contributed by atoms with van der Waals surface area (Å²) >= 11 is 0. The minimum atomic E-state index is -4.96. The number of hydrogen-bond acceptors (Lipinski definition) is 15. The van der Waals surface area contributed by atoms with Crippen LogP contribution in [0.25, 0.3) is 0 Å². The van der Waals surface area contributed by atoms with Crippen molar-refractivity contribution >= 4 is 39.5 Å². The highest BCUT2D eigenvalue weighted by Crippen LogP contribution is 2.45. The van der Waals surface area contributed by atoms with Crippen LogP contribution < -0.4 is 0 Å². The van der Waals surface area contributed by atoms with E-state index >= 15 is 0 Å². The maximum Gasteiger partial charge on any atom is 0.472 e. The minimum absolute atomic E-state index is 0.107. The number of ether oxygens (including phenoxy) is 4. The van der Waals surface area contributed by atoms with Crippen LogP contribution in [-0.2, 0) is 65.4 Å². The normalized spacial score (nSPS) is 13.8. The van der Waals surface area contributed by atoms with Crippen LogP contribution in [0.15, 0.2) is 0 Å². The molecular weight excluding hydrogens is 1320 g/mol. The summed E-state index contributed by atoms with van der Waals surface area (Å²) in [5.74, 6) is -1.40. The molecule has 0 aliphatic heterocycles. The van der Waals surface area contributed by atoms with E-state index in [-0.39, 0.29) is 25.7 Å². The molecule has 0 amide bonds. The number of aliphatic hydroxyl groups excluding tert-OH is 1. The molecule has 0 fully saturated rings. The predicted molar refractivity (Wildman–Crippen MR) is 414 cm³/mol. The van der Waals surface area contributed by atoms with Crippen LogP contribution in [-0.4, -0.2) is 96.7 Å². The van der Waals surface area contributed by atoms with Crippen LogP contribution in [0.1, 0.15) is 439 Å². The number of phosphoric ester groups is 2. The van der Waals surface area contributed by atoms with Gasteiger partial charge in [-0.2, -0.15) is 0 Å². The third kappa shape index (κ3) is 76.1. The summed E-state index contributed by atoms with van der Waals surface area (Å²) in [5, 5.41) is 10.6. The van der Waals surface area contributed by atoms with E-state index in [0.717, 1.165) is 96.3 Å². The molecule has 19 heteroatoms. The van der Waals surface area contributed by atoms with Gasteiger partial charge in [-0.15, -0.1) is 0 Å². The molecule has 0 bridgehead atoms. The van der Waals surface area contributed by atoms with Crippen molar-refractivity contribution in [1.29, 1.82) is 0 Å². The Labute approximate surface area is 619 Å². The number of unbranched alkanes of at least 4 members (excludes halogenated alkanes) is 54. The van der Waals surface area contributed by atoms with Crippen molar-refractivity contribution in [3.63, 3.8) is 0 Å². The monoisotopic (exact) mass is 1480 g/mol. The Morgan fingerprint density at radius 1 is 0.267 bits per heavy atom. The summed E-state index contributed by atoms with van der Waals surface area (Å²) in [7, 11) is -9.92. The van der Waals surface area contributed by atoms with Gasteiger partial charge in [-0.1, -0.05) is 388 Å². The summed E-state index contributed by atoms with van der Waals surface area (Å²) in [6.07, 6.45) is 66.8. The Morgan fingerprint density at radius 3 is 0.673 bits per heavy atom. The molecule has 3 N–H and O–H groups in total. The van der Waals surface area contributed by atoms with Gasteiger partial charge >= 0.3 is 39.5 Å². The highest BCUT2D eigenvalue weighted by Gasteiger charge is 2.30. The molecule has 0 aromatic heterocycles. The van der Waals surface area contributed by atoms with E-state index in [1.807, 2.05) is 0 Å². The van der Waals surface area contributed by atoms with Gasteiger partial charge in [0, 0.05) is 25.7 Å². The lowest BCUT2D eigenvalue weighted by Crippen LogP contribution is -2.30. The van der Waals surface area contributed by atoms with Crippen molar-refractivity contribution in [1.82, 2.24) is 0 Å². The molecule has 101 heavy (non-hydrogen) atoms. The molecule has 2 unspecified atom stereocenters. The highest BCUT2D eigenvalue weighted by molar-refractivity contribution is 7.47. The van der Waals surface area contributed by atoms with E-state index in [1.54, 1.807) is 0 Å². The van der Waals surface area contributed by atoms with Crippen LogP contribution in [0.5, 0.6) is 0 Å². The van der Waals surface area contributed by atoms with Crippen molar-refractivity contribution in [3.05, 3.63) is 0 Å². The Balaban J connectivity index is 5.21. The van der Waals surface area contributed by atoms with Gasteiger partial charge in [-0.05, 0) is 31.6 Å². The zero-order valence-electron chi connectivity index (χ0n) is 66.1. The van der Waals surface area contributed by atoms with Gasteiger partial charge in [0.25, 0.3) is 0 Å². The number of rotatable bonds is 82. The van der Waals surface area contributed by atoms with E-state index in [2.05, 4.69) is 34.6 Å². The van der Waals surface area contributed by atoms with Crippen molar-refractivity contribution in [2.24, 2.45) is 5.92 Å². The summed E-state index contributed by atoms with van der Waals surface area (Å²) < 4.78 is 68.7. The Kier molecular flexibility index (Phi) is 73.5. The first kappa shape index (κ1) is 99.1. The largest absolute Gasteiger partial charge is 0.472 e. The quantitative estimate of drug-likeness (QED) is 0.0222. The van der Waals surface area contributed by atoms with Gasteiger partial charge in [0.15, 0.2) is 12.2 Å². The second-order valence-electron chi connectivity index (χ2n) is 30.0. The van der Waals surface area contributed by atoms with E-state index in [9.17, 15) is 43.2 Å². The molecule has 0 rings (SSSR count). The number of hydrogen-bond donors (Lipinski definition) is 3. The van der Waals surface area contributed by atoms with Crippen LogP contribution in [0.3, 0.4) is 0 Å².